The molecule has 0 rings (SSSR count). The molecule has 0 spiro atoms. The summed E-state index contributed by atoms with van der Waals surface area (Å²) >= 11 is 0. The van der Waals surface area contributed by atoms with E-state index in [9.17, 15) is 19.0 Å². The number of unbranched alkanes of at least 4 members (excludes halogenated alkanes) is 39. The molecule has 0 saturated carbocycles. The maximum atomic E-state index is 13.6. The van der Waals surface area contributed by atoms with E-state index in [1.807, 2.05) is 33.3 Å². The largest absolute Gasteiger partial charge is 0.756 e. The zero-order valence-electron chi connectivity index (χ0n) is 54.2. The number of phosphoric acid groups is 1. The molecule has 0 aromatic rings. The van der Waals surface area contributed by atoms with Crippen LogP contribution in [-0.2, 0) is 27.9 Å². The molecule has 0 aromatic carbocycles. The first-order valence-electron chi connectivity index (χ1n) is 34.6. The lowest BCUT2D eigenvalue weighted by Crippen LogP contribution is -2.47. The first kappa shape index (κ1) is 78.7. The van der Waals surface area contributed by atoms with E-state index in [1.165, 1.54) is 225 Å². The number of likely N-dealkylation sites (N-methyl/N-ethyl adjacent to an activating group) is 1. The van der Waals surface area contributed by atoms with Gasteiger partial charge in [-0.3, -0.25) is 14.2 Å². The van der Waals surface area contributed by atoms with Crippen LogP contribution in [0.2, 0.25) is 0 Å². The second-order valence-corrected chi connectivity index (χ2v) is 26.1. The van der Waals surface area contributed by atoms with Crippen LogP contribution in [0, 0.1) is 0 Å². The Hall–Kier alpha value is -2.29. The number of carbonyl (C=O) groups excluding carboxylic acids is 2. The van der Waals surface area contributed by atoms with E-state index >= 15 is 0 Å². The predicted octanol–water partition coefficient (Wildman–Crippen LogP) is 21.2. The lowest BCUT2D eigenvalue weighted by molar-refractivity contribution is -0.870. The second kappa shape index (κ2) is 60.8. The molecule has 3 atom stereocenters. The Kier molecular flexibility index (Phi) is 59.1. The first-order chi connectivity index (χ1) is 39.4. The van der Waals surface area contributed by atoms with E-state index in [-0.39, 0.29) is 31.5 Å². The number of esters is 1. The van der Waals surface area contributed by atoms with Gasteiger partial charge in [-0.2, -0.15) is 0 Å². The van der Waals surface area contributed by atoms with Crippen molar-refractivity contribution in [2.45, 2.75) is 341 Å². The van der Waals surface area contributed by atoms with Gasteiger partial charge in [0.1, 0.15) is 19.3 Å². The maximum Gasteiger partial charge on any atom is 0.306 e. The molecule has 1 amide bonds. The van der Waals surface area contributed by atoms with Gasteiger partial charge < -0.3 is 28.5 Å². The standard InChI is InChI=1S/C71H133N2O7P/c1-7-10-13-16-19-22-25-28-30-32-34-35-36-37-39-40-42-45-48-51-54-57-60-63-70(74)72-68(67-79-81(76,77)78-66-65-73(4,5)6)69(62-59-56-53-50-47-44-27-24-21-18-15-12-9-3)80-71(75)64-61-58-55-52-49-46-43-41-38-33-31-29-26-23-20-17-14-11-8-2/h19-20,22-23,28-31,59,62,68-69H,7-18,21,24-27,32-58,60-61,63-67H2,1-6H3,(H-,72,74,76,77)/b22-19-,23-20-,30-28-,31-29-,62-59-. The highest BCUT2D eigenvalue weighted by molar-refractivity contribution is 7.45. The summed E-state index contributed by atoms with van der Waals surface area (Å²) in [5, 5.41) is 3.04. The summed E-state index contributed by atoms with van der Waals surface area (Å²) in [6.45, 7) is 6.83. The maximum absolute atomic E-state index is 13.6. The average molecular weight is 1160 g/mol. The number of nitrogens with one attached hydrogen (secondary N) is 1. The van der Waals surface area contributed by atoms with Crippen molar-refractivity contribution in [3.05, 3.63) is 60.8 Å². The monoisotopic (exact) mass is 1160 g/mol. The molecule has 0 fully saturated rings. The molecule has 9 nitrogen and oxygen atoms in total. The molecule has 0 heterocycles. The second-order valence-electron chi connectivity index (χ2n) is 24.7. The summed E-state index contributed by atoms with van der Waals surface area (Å²) in [6.07, 6.45) is 77.6. The fourth-order valence-electron chi connectivity index (χ4n) is 10.1. The summed E-state index contributed by atoms with van der Waals surface area (Å²) in [5.74, 6) is -0.535. The van der Waals surface area contributed by atoms with E-state index in [0.717, 1.165) is 70.6 Å². The summed E-state index contributed by atoms with van der Waals surface area (Å²) in [7, 11) is 1.19. The van der Waals surface area contributed by atoms with Crippen molar-refractivity contribution < 1.29 is 37.3 Å². The van der Waals surface area contributed by atoms with Crippen molar-refractivity contribution in [1.82, 2.24) is 5.32 Å². The van der Waals surface area contributed by atoms with Crippen molar-refractivity contribution in [3.8, 4) is 0 Å². The van der Waals surface area contributed by atoms with Crippen LogP contribution >= 0.6 is 7.82 Å². The smallest absolute Gasteiger partial charge is 0.306 e. The molecule has 0 aliphatic carbocycles. The number of quaternary nitrogens is 1. The molecule has 81 heavy (non-hydrogen) atoms. The van der Waals surface area contributed by atoms with Gasteiger partial charge in [-0.25, -0.2) is 0 Å². The van der Waals surface area contributed by atoms with Crippen molar-refractivity contribution in [2.24, 2.45) is 0 Å². The number of nitrogens with zero attached hydrogens (tertiary/aromatic N) is 1. The van der Waals surface area contributed by atoms with E-state index in [0.29, 0.717) is 17.4 Å². The average Bonchev–Trinajstić information content (AvgIpc) is 3.44. The minimum atomic E-state index is -4.70. The molecule has 0 radical (unpaired) electrons. The molecular formula is C71H133N2O7P. The Morgan fingerprint density at radius 3 is 1.14 bits per heavy atom. The zero-order valence-corrected chi connectivity index (χ0v) is 55.1. The Labute approximate surface area is 502 Å². The van der Waals surface area contributed by atoms with Gasteiger partial charge in [-0.1, -0.05) is 281 Å². The lowest BCUT2D eigenvalue weighted by Gasteiger charge is -2.30. The van der Waals surface area contributed by atoms with E-state index in [2.05, 4.69) is 74.7 Å². The fraction of sp³-hybridized carbons (Fsp3) is 0.831. The molecule has 1 N–H and O–H groups in total. The molecule has 0 saturated heterocycles. The molecule has 0 aliphatic heterocycles. The molecule has 474 valence electrons. The molecule has 3 unspecified atom stereocenters. The van der Waals surface area contributed by atoms with Crippen LogP contribution in [0.4, 0.5) is 0 Å². The molecule has 0 aromatic heterocycles. The van der Waals surface area contributed by atoms with Crippen molar-refractivity contribution in [1.29, 1.82) is 0 Å². The van der Waals surface area contributed by atoms with Crippen LogP contribution < -0.4 is 10.2 Å². The third-order valence-electron chi connectivity index (χ3n) is 15.4. The highest BCUT2D eigenvalue weighted by Crippen LogP contribution is 2.38. The first-order valence-corrected chi connectivity index (χ1v) is 36.1. The fourth-order valence-corrected chi connectivity index (χ4v) is 10.8. The minimum absolute atomic E-state index is 0.0231. The minimum Gasteiger partial charge on any atom is -0.756 e. The van der Waals surface area contributed by atoms with Gasteiger partial charge in [0.05, 0.1) is 33.8 Å². The summed E-state index contributed by atoms with van der Waals surface area (Å²) in [4.78, 5) is 40.2. The molecular weight excluding hydrogens is 1020 g/mol. The van der Waals surface area contributed by atoms with Gasteiger partial charge in [0.15, 0.2) is 0 Å². The highest BCUT2D eigenvalue weighted by atomic mass is 31.2. The molecule has 10 heteroatoms. The van der Waals surface area contributed by atoms with Gasteiger partial charge in [-0.15, -0.1) is 0 Å². The van der Waals surface area contributed by atoms with Crippen LogP contribution in [0.15, 0.2) is 60.8 Å². The van der Waals surface area contributed by atoms with Gasteiger partial charge in [-0.05, 0) is 96.0 Å². The third kappa shape index (κ3) is 62.1. The number of hydrogen-bond acceptors (Lipinski definition) is 7. The van der Waals surface area contributed by atoms with Crippen LogP contribution in [0.5, 0.6) is 0 Å². The van der Waals surface area contributed by atoms with Crippen LogP contribution in [-0.4, -0.2) is 69.4 Å². The number of ether oxygens (including phenoxy) is 1. The number of phosphoric ester groups is 1. The van der Waals surface area contributed by atoms with Gasteiger partial charge in [0, 0.05) is 12.8 Å². The van der Waals surface area contributed by atoms with Crippen molar-refractivity contribution in [2.75, 3.05) is 40.9 Å². The van der Waals surface area contributed by atoms with Gasteiger partial charge in [0.2, 0.25) is 5.91 Å². The predicted molar refractivity (Wildman–Crippen MR) is 349 cm³/mol. The lowest BCUT2D eigenvalue weighted by atomic mass is 10.0. The number of allylic oxidation sites excluding steroid dienone is 9. The molecule has 0 aliphatic rings. The van der Waals surface area contributed by atoms with Crippen LogP contribution in [0.25, 0.3) is 0 Å². The van der Waals surface area contributed by atoms with Gasteiger partial charge >= 0.3 is 5.97 Å². The SMILES string of the molecule is CCCCC/C=C\C/C=C\CCCCCCCCCCCCCCCC(=O)NC(COP(=O)([O-])OCC[N+](C)(C)C)C(/C=C\CCCCCCCCCCCCC)OC(=O)CCCCCCCCCCC/C=C\C/C=C\CCCCC. The van der Waals surface area contributed by atoms with Crippen LogP contribution in [0.3, 0.4) is 0 Å². The Morgan fingerprint density at radius 1 is 0.432 bits per heavy atom. The van der Waals surface area contributed by atoms with E-state index in [4.69, 9.17) is 13.8 Å². The molecule has 0 bridgehead atoms. The Morgan fingerprint density at radius 2 is 0.753 bits per heavy atom. The van der Waals surface area contributed by atoms with E-state index in [1.54, 1.807) is 0 Å². The number of amides is 1. The summed E-state index contributed by atoms with van der Waals surface area (Å²) in [6, 6.07) is -0.892. The number of rotatable bonds is 63. The Balaban J connectivity index is 5.14. The van der Waals surface area contributed by atoms with Crippen molar-refractivity contribution in [3.63, 3.8) is 0 Å². The number of carbonyl (C=O) groups is 2. The Bertz CT molecular complexity index is 1570. The number of hydrogen-bond donors (Lipinski definition) is 1. The van der Waals surface area contributed by atoms with Crippen molar-refractivity contribution >= 4 is 19.7 Å². The highest BCUT2D eigenvalue weighted by Gasteiger charge is 2.27. The normalized spacial score (nSPS) is 13.9. The quantitative estimate of drug-likeness (QED) is 0.0212. The van der Waals surface area contributed by atoms with Gasteiger partial charge in [0.25, 0.3) is 7.82 Å². The van der Waals surface area contributed by atoms with Crippen LogP contribution in [0.1, 0.15) is 329 Å². The van der Waals surface area contributed by atoms with E-state index < -0.39 is 20.0 Å². The summed E-state index contributed by atoms with van der Waals surface area (Å²) in [5.41, 5.74) is 0. The summed E-state index contributed by atoms with van der Waals surface area (Å²) < 4.78 is 30.4. The topological polar surface area (TPSA) is 114 Å². The third-order valence-corrected chi connectivity index (χ3v) is 16.4. The zero-order chi connectivity index (χ0) is 59.3.